The van der Waals surface area contributed by atoms with Gasteiger partial charge in [0.1, 0.15) is 0 Å². The quantitative estimate of drug-likeness (QED) is 0.748. The van der Waals surface area contributed by atoms with Gasteiger partial charge in [-0.1, -0.05) is 0 Å². The lowest BCUT2D eigenvalue weighted by atomic mass is 10.3. The van der Waals surface area contributed by atoms with Gasteiger partial charge in [-0.15, -0.1) is 0 Å². The van der Waals surface area contributed by atoms with Gasteiger partial charge in [0, 0.05) is 37.9 Å². The van der Waals surface area contributed by atoms with Crippen molar-refractivity contribution in [2.24, 2.45) is 0 Å². The highest BCUT2D eigenvalue weighted by atomic mass is 32.2. The molecule has 7 heteroatoms. The van der Waals surface area contributed by atoms with Crippen LogP contribution in [-0.4, -0.2) is 42.3 Å². The van der Waals surface area contributed by atoms with Crippen LogP contribution in [0.4, 0.5) is 0 Å². The fourth-order valence-corrected chi connectivity index (χ4v) is 2.23. The summed E-state index contributed by atoms with van der Waals surface area (Å²) in [6.07, 6.45) is 3.86. The first-order valence-corrected chi connectivity index (χ1v) is 6.57. The van der Waals surface area contributed by atoms with E-state index in [1.54, 1.807) is 19.6 Å². The van der Waals surface area contributed by atoms with Crippen molar-refractivity contribution >= 4 is 10.2 Å². The fraction of sp³-hybridized carbons (Fsp3) is 0.667. The Labute approximate surface area is 96.3 Å². The third-order valence-corrected chi connectivity index (χ3v) is 4.09. The van der Waals surface area contributed by atoms with Crippen molar-refractivity contribution in [2.45, 2.75) is 26.3 Å². The van der Waals surface area contributed by atoms with E-state index in [4.69, 9.17) is 0 Å². The standard InChI is InChI=1S/C9H18N4O2S/c1-8(2)13(3)16(14,15)12-5-4-9-6-10-7-11-9/h6-8,12H,4-5H2,1-3H3,(H,10,11). The van der Waals surface area contributed by atoms with Gasteiger partial charge in [0.25, 0.3) is 10.2 Å². The van der Waals surface area contributed by atoms with Crippen LogP contribution in [0.25, 0.3) is 0 Å². The summed E-state index contributed by atoms with van der Waals surface area (Å²) >= 11 is 0. The normalized spacial score (nSPS) is 12.6. The number of imidazole rings is 1. The molecule has 1 aromatic heterocycles. The Morgan fingerprint density at radius 3 is 2.75 bits per heavy atom. The van der Waals surface area contributed by atoms with E-state index >= 15 is 0 Å². The predicted molar refractivity (Wildman–Crippen MR) is 62.1 cm³/mol. The molecule has 1 aromatic rings. The smallest absolute Gasteiger partial charge is 0.279 e. The second-order valence-corrected chi connectivity index (χ2v) is 5.65. The third-order valence-electron chi connectivity index (χ3n) is 2.34. The first-order chi connectivity index (χ1) is 7.43. The Balaban J connectivity index is 2.43. The summed E-state index contributed by atoms with van der Waals surface area (Å²) in [7, 11) is -1.80. The highest BCUT2D eigenvalue weighted by Crippen LogP contribution is 2.00. The van der Waals surface area contributed by atoms with E-state index in [1.807, 2.05) is 13.8 Å². The Morgan fingerprint density at radius 1 is 1.56 bits per heavy atom. The zero-order chi connectivity index (χ0) is 12.2. The van der Waals surface area contributed by atoms with E-state index in [2.05, 4.69) is 14.7 Å². The van der Waals surface area contributed by atoms with Gasteiger partial charge in [0.2, 0.25) is 0 Å². The molecule has 0 aliphatic carbocycles. The van der Waals surface area contributed by atoms with Crippen LogP contribution in [0.5, 0.6) is 0 Å². The maximum absolute atomic E-state index is 11.7. The molecular weight excluding hydrogens is 228 g/mol. The molecule has 0 saturated carbocycles. The number of hydrogen-bond acceptors (Lipinski definition) is 3. The lowest BCUT2D eigenvalue weighted by Gasteiger charge is -2.20. The van der Waals surface area contributed by atoms with E-state index in [1.165, 1.54) is 4.31 Å². The molecule has 92 valence electrons. The summed E-state index contributed by atoms with van der Waals surface area (Å²) in [5.41, 5.74) is 0.912. The summed E-state index contributed by atoms with van der Waals surface area (Å²) in [4.78, 5) is 6.77. The van der Waals surface area contributed by atoms with Gasteiger partial charge in [0.15, 0.2) is 0 Å². The third kappa shape index (κ3) is 3.58. The van der Waals surface area contributed by atoms with E-state index in [0.29, 0.717) is 13.0 Å². The Morgan fingerprint density at radius 2 is 2.25 bits per heavy atom. The van der Waals surface area contributed by atoms with Crippen LogP contribution in [0, 0.1) is 0 Å². The molecule has 6 nitrogen and oxygen atoms in total. The second kappa shape index (κ2) is 5.42. The van der Waals surface area contributed by atoms with Crippen molar-refractivity contribution in [1.82, 2.24) is 19.0 Å². The van der Waals surface area contributed by atoms with Gasteiger partial charge in [0.05, 0.1) is 6.33 Å². The summed E-state index contributed by atoms with van der Waals surface area (Å²) in [6.45, 7) is 4.02. The SMILES string of the molecule is CC(C)N(C)S(=O)(=O)NCCc1cnc[nH]1. The summed E-state index contributed by atoms with van der Waals surface area (Å²) in [5, 5.41) is 0. The number of aromatic nitrogens is 2. The second-order valence-electron chi connectivity index (χ2n) is 3.84. The minimum Gasteiger partial charge on any atom is -0.348 e. The van der Waals surface area contributed by atoms with Crippen molar-refractivity contribution in [3.63, 3.8) is 0 Å². The Hall–Kier alpha value is -0.920. The summed E-state index contributed by atoms with van der Waals surface area (Å²) in [6, 6.07) is -0.0512. The molecule has 0 unspecified atom stereocenters. The zero-order valence-electron chi connectivity index (χ0n) is 9.77. The molecule has 0 spiro atoms. The molecule has 0 aromatic carbocycles. The molecule has 1 heterocycles. The van der Waals surface area contributed by atoms with E-state index in [0.717, 1.165) is 5.69 Å². The number of H-pyrrole nitrogens is 1. The molecule has 0 aliphatic rings. The lowest BCUT2D eigenvalue weighted by Crippen LogP contribution is -2.42. The Bertz CT molecular complexity index is 399. The highest BCUT2D eigenvalue weighted by Gasteiger charge is 2.19. The van der Waals surface area contributed by atoms with Gasteiger partial charge in [-0.3, -0.25) is 0 Å². The van der Waals surface area contributed by atoms with Gasteiger partial charge in [-0.25, -0.2) is 9.71 Å². The molecule has 1 rings (SSSR count). The van der Waals surface area contributed by atoms with Crippen molar-refractivity contribution in [1.29, 1.82) is 0 Å². The lowest BCUT2D eigenvalue weighted by molar-refractivity contribution is 0.402. The number of aromatic amines is 1. The van der Waals surface area contributed by atoms with Crippen LogP contribution < -0.4 is 4.72 Å². The number of hydrogen-bond donors (Lipinski definition) is 2. The molecule has 0 bridgehead atoms. The van der Waals surface area contributed by atoms with Crippen LogP contribution >= 0.6 is 0 Å². The molecule has 0 saturated heterocycles. The van der Waals surface area contributed by atoms with E-state index < -0.39 is 10.2 Å². The molecule has 0 atom stereocenters. The summed E-state index contributed by atoms with van der Waals surface area (Å²) in [5.74, 6) is 0. The largest absolute Gasteiger partial charge is 0.348 e. The first-order valence-electron chi connectivity index (χ1n) is 5.13. The van der Waals surface area contributed by atoms with Crippen molar-refractivity contribution < 1.29 is 8.42 Å². The highest BCUT2D eigenvalue weighted by molar-refractivity contribution is 7.87. The van der Waals surface area contributed by atoms with Crippen LogP contribution in [0.3, 0.4) is 0 Å². The molecular formula is C9H18N4O2S. The van der Waals surface area contributed by atoms with E-state index in [-0.39, 0.29) is 6.04 Å². The summed E-state index contributed by atoms with van der Waals surface area (Å²) < 4.78 is 27.2. The van der Waals surface area contributed by atoms with Gasteiger partial charge >= 0.3 is 0 Å². The molecule has 0 fully saturated rings. The number of nitrogens with one attached hydrogen (secondary N) is 2. The zero-order valence-corrected chi connectivity index (χ0v) is 10.6. The van der Waals surface area contributed by atoms with Crippen molar-refractivity contribution in [2.75, 3.05) is 13.6 Å². The molecule has 0 radical (unpaired) electrons. The topological polar surface area (TPSA) is 78.1 Å². The maximum atomic E-state index is 11.7. The average molecular weight is 246 g/mol. The van der Waals surface area contributed by atoms with E-state index in [9.17, 15) is 8.42 Å². The molecule has 0 aliphatic heterocycles. The van der Waals surface area contributed by atoms with Gasteiger partial charge < -0.3 is 4.98 Å². The van der Waals surface area contributed by atoms with Crippen LogP contribution in [0.1, 0.15) is 19.5 Å². The number of nitrogens with zero attached hydrogens (tertiary/aromatic N) is 2. The number of rotatable bonds is 6. The van der Waals surface area contributed by atoms with Gasteiger partial charge in [-0.05, 0) is 13.8 Å². The Kier molecular flexibility index (Phi) is 4.45. The van der Waals surface area contributed by atoms with Crippen molar-refractivity contribution in [3.8, 4) is 0 Å². The average Bonchev–Trinajstić information content (AvgIpc) is 2.69. The van der Waals surface area contributed by atoms with Crippen LogP contribution in [0.2, 0.25) is 0 Å². The van der Waals surface area contributed by atoms with Crippen LogP contribution in [0.15, 0.2) is 12.5 Å². The molecule has 16 heavy (non-hydrogen) atoms. The van der Waals surface area contributed by atoms with Crippen LogP contribution in [-0.2, 0) is 16.6 Å². The monoisotopic (exact) mass is 246 g/mol. The fourth-order valence-electron chi connectivity index (χ4n) is 1.12. The maximum Gasteiger partial charge on any atom is 0.279 e. The van der Waals surface area contributed by atoms with Crippen molar-refractivity contribution in [3.05, 3.63) is 18.2 Å². The molecule has 2 N–H and O–H groups in total. The first kappa shape index (κ1) is 13.1. The minimum atomic E-state index is -3.36. The minimum absolute atomic E-state index is 0.0512. The predicted octanol–water partition coefficient (Wildman–Crippen LogP) is 0.127. The van der Waals surface area contributed by atoms with Gasteiger partial charge in [-0.2, -0.15) is 12.7 Å². The molecule has 0 amide bonds.